The van der Waals surface area contributed by atoms with Gasteiger partial charge in [-0.3, -0.25) is 9.11 Å². The fourth-order valence-corrected chi connectivity index (χ4v) is 7.85. The summed E-state index contributed by atoms with van der Waals surface area (Å²) in [6.45, 7) is 13.8. The first-order valence-corrected chi connectivity index (χ1v) is 23.8. The van der Waals surface area contributed by atoms with Gasteiger partial charge in [-0.05, 0) is 89.1 Å². The van der Waals surface area contributed by atoms with Crippen LogP contribution in [0.1, 0.15) is 38.8 Å². The van der Waals surface area contributed by atoms with E-state index in [1.54, 1.807) is 38.1 Å². The van der Waals surface area contributed by atoms with E-state index < -0.39 is 20.2 Å². The number of hydrogen-bond donors (Lipinski definition) is 5. The summed E-state index contributed by atoms with van der Waals surface area (Å²) in [5.41, 5.74) is 4.31. The number of thioether (sulfide) groups is 1. The molecule has 64 heavy (non-hydrogen) atoms. The summed E-state index contributed by atoms with van der Waals surface area (Å²) in [6.07, 6.45) is 0. The first-order valence-electron chi connectivity index (χ1n) is 19.9. The number of benzene rings is 4. The molecule has 1 aromatic heterocycles. The van der Waals surface area contributed by atoms with E-state index in [0.717, 1.165) is 11.4 Å². The highest BCUT2D eigenvalue weighted by atomic mass is 32.2. The highest BCUT2D eigenvalue weighted by Crippen LogP contribution is 2.43. The zero-order valence-corrected chi connectivity index (χ0v) is 39.0. The zero-order chi connectivity index (χ0) is 46.8. The van der Waals surface area contributed by atoms with E-state index >= 15 is 0 Å². The van der Waals surface area contributed by atoms with Crippen LogP contribution in [0.15, 0.2) is 96.1 Å². The van der Waals surface area contributed by atoms with Crippen molar-refractivity contribution in [3.63, 3.8) is 0 Å². The number of anilines is 6. The maximum absolute atomic E-state index is 11.9. The van der Waals surface area contributed by atoms with Crippen LogP contribution >= 0.6 is 11.8 Å². The van der Waals surface area contributed by atoms with E-state index in [1.165, 1.54) is 62.4 Å². The molecule has 342 valence electrons. The molecule has 1 heterocycles. The third kappa shape index (κ3) is 12.2. The summed E-state index contributed by atoms with van der Waals surface area (Å²) in [6, 6.07) is 14.9. The highest BCUT2D eigenvalue weighted by molar-refractivity contribution is 7.99. The van der Waals surface area contributed by atoms with Gasteiger partial charge < -0.3 is 35.0 Å². The Bertz CT molecular complexity index is 2570. The van der Waals surface area contributed by atoms with Crippen molar-refractivity contribution in [3.05, 3.63) is 71.8 Å². The Labute approximate surface area is 376 Å². The number of nitrogens with zero attached hydrogens (tertiary/aromatic N) is 9. The van der Waals surface area contributed by atoms with Crippen LogP contribution in [-0.4, -0.2) is 98.8 Å². The van der Waals surface area contributed by atoms with Crippen molar-refractivity contribution < 1.29 is 40.5 Å². The third-order valence-corrected chi connectivity index (χ3v) is 12.2. The second kappa shape index (κ2) is 21.6. The minimum atomic E-state index is -4.52. The maximum Gasteiger partial charge on any atom is 0.294 e. The fraction of sp³-hybridized carbons (Fsp3) is 0.341. The first-order chi connectivity index (χ1) is 30.5. The molecule has 0 saturated heterocycles. The number of azo groups is 2. The Hall–Kier alpha value is -5.98. The summed E-state index contributed by atoms with van der Waals surface area (Å²) >= 11 is 1.17. The van der Waals surface area contributed by atoms with Crippen molar-refractivity contribution in [3.8, 4) is 11.5 Å². The summed E-state index contributed by atoms with van der Waals surface area (Å²) in [5, 5.41) is 34.2. The number of rotatable bonds is 21. The molecule has 0 aliphatic heterocycles. The van der Waals surface area contributed by atoms with Gasteiger partial charge in [-0.15, -0.1) is 10.2 Å². The molecule has 23 heteroatoms. The molecule has 0 saturated carbocycles. The van der Waals surface area contributed by atoms with Gasteiger partial charge in [0.25, 0.3) is 20.2 Å². The number of aryl methyl sites for hydroxylation is 2. The average molecular weight is 938 g/mol. The maximum atomic E-state index is 11.9. The van der Waals surface area contributed by atoms with Crippen molar-refractivity contribution in [1.29, 1.82) is 0 Å². The van der Waals surface area contributed by atoms with Gasteiger partial charge in [0.2, 0.25) is 11.9 Å². The van der Waals surface area contributed by atoms with Crippen LogP contribution in [0.2, 0.25) is 0 Å². The van der Waals surface area contributed by atoms with E-state index in [1.807, 2.05) is 27.7 Å². The number of nitrogens with one attached hydrogen (secondary N) is 2. The molecule has 0 aliphatic carbocycles. The van der Waals surface area contributed by atoms with Crippen molar-refractivity contribution in [2.24, 2.45) is 20.5 Å². The largest absolute Gasteiger partial charge is 0.494 e. The summed E-state index contributed by atoms with van der Waals surface area (Å²) < 4.78 is 78.7. The van der Waals surface area contributed by atoms with Crippen LogP contribution in [0.25, 0.3) is 0 Å². The van der Waals surface area contributed by atoms with E-state index in [2.05, 4.69) is 50.9 Å². The molecular weight excluding hydrogens is 887 g/mol. The van der Waals surface area contributed by atoms with Crippen molar-refractivity contribution in [1.82, 2.24) is 15.0 Å². The Balaban J connectivity index is 1.67. The molecule has 4 aromatic carbocycles. The Morgan fingerprint density at radius 2 is 1.00 bits per heavy atom. The lowest BCUT2D eigenvalue weighted by molar-refractivity contribution is 0.322. The van der Waals surface area contributed by atoms with Gasteiger partial charge in [-0.25, -0.2) is 0 Å². The Morgan fingerprint density at radius 1 is 0.609 bits per heavy atom. The van der Waals surface area contributed by atoms with Gasteiger partial charge in [-0.1, -0.05) is 23.9 Å². The van der Waals surface area contributed by atoms with Crippen molar-refractivity contribution in [2.75, 3.05) is 73.2 Å². The molecule has 0 spiro atoms. The lowest BCUT2D eigenvalue weighted by Gasteiger charge is -2.25. The number of hydrogen-bond acceptors (Lipinski definition) is 19. The van der Waals surface area contributed by atoms with Gasteiger partial charge in [0.15, 0.2) is 5.16 Å². The SMILES string of the molecule is CCN(CC)c1cc(Nc2nc(Nc3cc(N(CC)CC)c(OC)cc3/N=N/c3cc(S(=O)(=O)O)ccc3C)nc(SCCO)n2)c(/N=N/c2cc(S(=O)(=O)O)ccc2C)cc1OC. The molecule has 5 aromatic rings. The van der Waals surface area contributed by atoms with Gasteiger partial charge in [0, 0.05) is 44.1 Å². The standard InChI is InChI=1S/C41H51N11O9S3/c1-9-51(10-2)35-21-31(33(23-37(35)60-7)49-47-29-19-27(63(54,55)56)15-13-25(29)5)42-39-44-40(46-41(45-39)62-18-17-53)43-32-22-36(52(11-3)12-4)38(61-8)24-34(32)50-48-30-20-28(64(57,58)59)16-14-26(30)6/h13-16,19-24,53H,9-12,17-18H2,1-8H3,(H,54,55,56)(H,57,58,59)(H2,42,43,44,45,46)/b49-47+,50-48+. The molecule has 0 amide bonds. The fourth-order valence-electron chi connectivity index (χ4n) is 6.27. The van der Waals surface area contributed by atoms with Crippen molar-refractivity contribution >= 4 is 89.4 Å². The van der Waals surface area contributed by atoms with Crippen LogP contribution in [0.4, 0.5) is 57.4 Å². The van der Waals surface area contributed by atoms with E-state index in [-0.39, 0.29) is 62.0 Å². The second-order valence-electron chi connectivity index (χ2n) is 13.8. The normalized spacial score (nSPS) is 11.9. The predicted molar refractivity (Wildman–Crippen MR) is 248 cm³/mol. The van der Waals surface area contributed by atoms with Crippen molar-refractivity contribution in [2.45, 2.75) is 56.5 Å². The summed E-state index contributed by atoms with van der Waals surface area (Å²) in [7, 11) is -5.98. The average Bonchev–Trinajstić information content (AvgIpc) is 3.25. The first kappa shape index (κ1) is 49.0. The molecule has 5 N–H and O–H groups in total. The molecule has 5 rings (SSSR count). The van der Waals surface area contributed by atoms with Crippen LogP contribution in [0, 0.1) is 13.8 Å². The van der Waals surface area contributed by atoms with E-state index in [4.69, 9.17) is 14.5 Å². The van der Waals surface area contributed by atoms with E-state index in [9.17, 15) is 31.0 Å². The minimum Gasteiger partial charge on any atom is -0.494 e. The Morgan fingerprint density at radius 3 is 1.34 bits per heavy atom. The molecule has 0 bridgehead atoms. The van der Waals surface area contributed by atoms with Gasteiger partial charge >= 0.3 is 0 Å². The van der Waals surface area contributed by atoms with Gasteiger partial charge in [0.1, 0.15) is 22.9 Å². The van der Waals surface area contributed by atoms with Gasteiger partial charge in [0.05, 0.1) is 64.7 Å². The Kier molecular flexibility index (Phi) is 16.6. The highest BCUT2D eigenvalue weighted by Gasteiger charge is 2.21. The molecule has 0 fully saturated rings. The monoisotopic (exact) mass is 937 g/mol. The quantitative estimate of drug-likeness (QED) is 0.0261. The molecular formula is C41H51N11O9S3. The molecule has 0 radical (unpaired) electrons. The molecule has 0 unspecified atom stereocenters. The molecule has 20 nitrogen and oxygen atoms in total. The zero-order valence-electron chi connectivity index (χ0n) is 36.6. The summed E-state index contributed by atoms with van der Waals surface area (Å²) in [5.74, 6) is 1.35. The lowest BCUT2D eigenvalue weighted by atomic mass is 10.2. The lowest BCUT2D eigenvalue weighted by Crippen LogP contribution is -2.22. The van der Waals surface area contributed by atoms with Crippen LogP contribution in [-0.2, 0) is 20.2 Å². The predicted octanol–water partition coefficient (Wildman–Crippen LogP) is 9.09. The topological polar surface area (TPSA) is 266 Å². The number of ether oxygens (including phenoxy) is 2. The molecule has 0 atom stereocenters. The number of aliphatic hydroxyl groups is 1. The molecule has 0 aliphatic rings. The summed E-state index contributed by atoms with van der Waals surface area (Å²) in [4.78, 5) is 17.5. The van der Waals surface area contributed by atoms with Crippen LogP contribution in [0.3, 0.4) is 0 Å². The van der Waals surface area contributed by atoms with Gasteiger partial charge in [-0.2, -0.15) is 42.0 Å². The number of aliphatic hydroxyl groups excluding tert-OH is 1. The number of aromatic nitrogens is 3. The second-order valence-corrected chi connectivity index (χ2v) is 17.7. The van der Waals surface area contributed by atoms with Crippen LogP contribution < -0.4 is 29.9 Å². The third-order valence-electron chi connectivity index (χ3n) is 9.72. The number of methoxy groups -OCH3 is 2. The van der Waals surface area contributed by atoms with E-state index in [0.29, 0.717) is 60.2 Å². The minimum absolute atomic E-state index is 0.0629. The van der Waals surface area contributed by atoms with Crippen LogP contribution in [0.5, 0.6) is 11.5 Å². The smallest absolute Gasteiger partial charge is 0.294 e.